The number of hydrogen-bond donors (Lipinski definition) is 3. The number of halogens is 1. The number of benzene rings is 3. The largest absolute Gasteiger partial charge is 0.384 e. The molecule has 0 fully saturated rings. The highest BCUT2D eigenvalue weighted by Gasteiger charge is 2.23. The van der Waals surface area contributed by atoms with Gasteiger partial charge in [0.2, 0.25) is 15.9 Å². The van der Waals surface area contributed by atoms with Crippen LogP contribution in [0.1, 0.15) is 35.1 Å². The molecule has 35 heavy (non-hydrogen) atoms. The normalized spacial score (nSPS) is 12.9. The average molecular weight is 513 g/mol. The molecular weight excluding hydrogens is 484 g/mol. The summed E-state index contributed by atoms with van der Waals surface area (Å²) >= 11 is 0. The summed E-state index contributed by atoms with van der Waals surface area (Å²) in [7, 11) is -3.54. The van der Waals surface area contributed by atoms with Crippen molar-refractivity contribution in [3.05, 3.63) is 95.1 Å². The zero-order valence-electron chi connectivity index (χ0n) is 19.2. The second kappa shape index (κ2) is 11.4. The Hall–Kier alpha value is -3.36. The van der Waals surface area contributed by atoms with Crippen LogP contribution in [0.15, 0.2) is 72.8 Å². The topological polar surface area (TPSA) is 116 Å². The number of amides is 1. The van der Waals surface area contributed by atoms with Crippen molar-refractivity contribution < 1.29 is 13.2 Å². The van der Waals surface area contributed by atoms with Gasteiger partial charge in [0, 0.05) is 29.9 Å². The summed E-state index contributed by atoms with van der Waals surface area (Å²) in [4.78, 5) is 14.8. The summed E-state index contributed by atoms with van der Waals surface area (Å²) < 4.78 is 27.9. The molecule has 0 aromatic heterocycles. The molecular formula is C26H29ClN4O3S. The lowest BCUT2D eigenvalue weighted by Crippen LogP contribution is -2.35. The van der Waals surface area contributed by atoms with Gasteiger partial charge in [-0.15, -0.1) is 12.4 Å². The summed E-state index contributed by atoms with van der Waals surface area (Å²) in [6, 6.07) is 21.8. The number of nitrogens with zero attached hydrogens (tertiary/aromatic N) is 1. The van der Waals surface area contributed by atoms with Gasteiger partial charge < -0.3 is 10.6 Å². The molecule has 0 saturated carbocycles. The Balaban J connectivity index is 0.00000342. The van der Waals surface area contributed by atoms with Gasteiger partial charge >= 0.3 is 0 Å². The van der Waals surface area contributed by atoms with Crippen molar-refractivity contribution >= 4 is 45.5 Å². The maximum absolute atomic E-state index is 13.0. The Morgan fingerprint density at radius 1 is 1.00 bits per heavy atom. The van der Waals surface area contributed by atoms with Crippen molar-refractivity contribution in [2.45, 2.75) is 31.4 Å². The molecule has 1 heterocycles. The number of aryl methyl sites for hydroxylation is 2. The lowest BCUT2D eigenvalue weighted by atomic mass is 10.00. The number of nitrogen functional groups attached to an aromatic ring is 1. The van der Waals surface area contributed by atoms with Crippen LogP contribution in [0.4, 0.5) is 11.4 Å². The molecule has 4 rings (SSSR count). The minimum atomic E-state index is -3.54. The fourth-order valence-electron chi connectivity index (χ4n) is 4.17. The Bertz CT molecular complexity index is 1300. The molecule has 1 aliphatic heterocycles. The van der Waals surface area contributed by atoms with Gasteiger partial charge in [-0.2, -0.15) is 0 Å². The van der Waals surface area contributed by atoms with Crippen LogP contribution in [-0.4, -0.2) is 26.7 Å². The number of fused-ring (bicyclic) bond motifs is 1. The highest BCUT2D eigenvalue weighted by molar-refractivity contribution is 7.91. The molecule has 0 spiro atoms. The number of carbonyl (C=O) groups is 1. The fraction of sp³-hybridized carbons (Fsp3) is 0.231. The van der Waals surface area contributed by atoms with Crippen LogP contribution < -0.4 is 15.4 Å². The highest BCUT2D eigenvalue weighted by Crippen LogP contribution is 2.31. The molecule has 0 bridgehead atoms. The summed E-state index contributed by atoms with van der Waals surface area (Å²) in [5.41, 5.74) is 10.2. The number of nitrogens with two attached hydrogens (primary N) is 1. The summed E-state index contributed by atoms with van der Waals surface area (Å²) in [5, 5.41) is 7.47. The lowest BCUT2D eigenvalue weighted by molar-refractivity contribution is -0.118. The quantitative estimate of drug-likeness (QED) is 0.309. The number of anilines is 2. The molecule has 3 aromatic carbocycles. The van der Waals surface area contributed by atoms with Gasteiger partial charge in [0.15, 0.2) is 0 Å². The third-order valence-electron chi connectivity index (χ3n) is 5.86. The molecule has 7 nitrogen and oxygen atoms in total. The van der Waals surface area contributed by atoms with E-state index >= 15 is 0 Å². The van der Waals surface area contributed by atoms with Crippen LogP contribution in [0.5, 0.6) is 0 Å². The monoisotopic (exact) mass is 512 g/mol. The van der Waals surface area contributed by atoms with Crippen molar-refractivity contribution in [3.8, 4) is 0 Å². The molecule has 0 atom stereocenters. The first kappa shape index (κ1) is 26.2. The van der Waals surface area contributed by atoms with E-state index in [4.69, 9.17) is 11.1 Å². The van der Waals surface area contributed by atoms with E-state index in [1.165, 1.54) is 0 Å². The molecule has 9 heteroatoms. The summed E-state index contributed by atoms with van der Waals surface area (Å²) in [6.45, 7) is 0.647. The van der Waals surface area contributed by atoms with E-state index in [1.54, 1.807) is 35.2 Å². The van der Waals surface area contributed by atoms with Crippen molar-refractivity contribution in [3.63, 3.8) is 0 Å². The standard InChI is InChI=1S/C26H28N4O3S.ClH/c27-26(28)21-11-8-19(9-12-21)10-15-25(31)30-16-4-7-22-17-23(13-14-24(22)30)29-34(32,33)18-20-5-2-1-3-6-20;/h1-3,5-6,8-9,11-14,17,29H,4,7,10,15-16,18H2,(H3,27,28);1H. The van der Waals surface area contributed by atoms with Crippen molar-refractivity contribution in [1.82, 2.24) is 0 Å². The Kier molecular flexibility index (Phi) is 8.53. The molecule has 0 saturated heterocycles. The third kappa shape index (κ3) is 6.83. The first-order chi connectivity index (χ1) is 16.3. The van der Waals surface area contributed by atoms with Crippen LogP contribution in [-0.2, 0) is 33.4 Å². The molecule has 3 aromatic rings. The van der Waals surface area contributed by atoms with Crippen molar-refractivity contribution in [1.29, 1.82) is 5.41 Å². The average Bonchev–Trinajstić information content (AvgIpc) is 2.82. The zero-order valence-corrected chi connectivity index (χ0v) is 20.9. The van der Waals surface area contributed by atoms with E-state index in [1.807, 2.05) is 42.5 Å². The smallest absolute Gasteiger partial charge is 0.236 e. The second-order valence-electron chi connectivity index (χ2n) is 8.45. The summed E-state index contributed by atoms with van der Waals surface area (Å²) in [5.74, 6) is -0.0357. The zero-order chi connectivity index (χ0) is 24.1. The van der Waals surface area contributed by atoms with E-state index in [9.17, 15) is 13.2 Å². The van der Waals surface area contributed by atoms with Gasteiger partial charge in [0.05, 0.1) is 5.75 Å². The Morgan fingerprint density at radius 2 is 1.71 bits per heavy atom. The molecule has 1 amide bonds. The van der Waals surface area contributed by atoms with Gasteiger partial charge in [-0.05, 0) is 54.2 Å². The van der Waals surface area contributed by atoms with Gasteiger partial charge in [0.25, 0.3) is 0 Å². The number of amidine groups is 1. The number of carbonyl (C=O) groups excluding carboxylic acids is 1. The van der Waals surface area contributed by atoms with Gasteiger partial charge in [-0.3, -0.25) is 14.9 Å². The van der Waals surface area contributed by atoms with Crippen LogP contribution in [0.3, 0.4) is 0 Å². The second-order valence-corrected chi connectivity index (χ2v) is 10.2. The molecule has 0 radical (unpaired) electrons. The number of sulfonamides is 1. The molecule has 0 aliphatic carbocycles. The first-order valence-corrected chi connectivity index (χ1v) is 12.9. The SMILES string of the molecule is Cl.N=C(N)c1ccc(CCC(=O)N2CCCc3cc(NS(=O)(=O)Cc4ccccc4)ccc32)cc1. The Morgan fingerprint density at radius 3 is 2.40 bits per heavy atom. The predicted octanol–water partition coefficient (Wildman–Crippen LogP) is 4.25. The van der Waals surface area contributed by atoms with E-state index < -0.39 is 10.0 Å². The Labute approximate surface area is 212 Å². The third-order valence-corrected chi connectivity index (χ3v) is 7.12. The van der Waals surface area contributed by atoms with E-state index in [-0.39, 0.29) is 29.9 Å². The fourth-order valence-corrected chi connectivity index (χ4v) is 5.36. The molecule has 1 aliphatic rings. The van der Waals surface area contributed by atoms with Crippen LogP contribution in [0.2, 0.25) is 0 Å². The summed E-state index contributed by atoms with van der Waals surface area (Å²) in [6.07, 6.45) is 2.58. The van der Waals surface area contributed by atoms with E-state index in [0.717, 1.165) is 35.2 Å². The number of rotatable bonds is 8. The minimum Gasteiger partial charge on any atom is -0.384 e. The van der Waals surface area contributed by atoms with Crippen molar-refractivity contribution in [2.24, 2.45) is 5.73 Å². The van der Waals surface area contributed by atoms with E-state index in [2.05, 4.69) is 4.72 Å². The molecule has 4 N–H and O–H groups in total. The van der Waals surface area contributed by atoms with Gasteiger partial charge in [-0.25, -0.2) is 8.42 Å². The van der Waals surface area contributed by atoms with Gasteiger partial charge in [0.1, 0.15) is 5.84 Å². The number of hydrogen-bond acceptors (Lipinski definition) is 4. The first-order valence-electron chi connectivity index (χ1n) is 11.2. The van der Waals surface area contributed by atoms with Crippen LogP contribution >= 0.6 is 12.4 Å². The lowest BCUT2D eigenvalue weighted by Gasteiger charge is -2.30. The molecule has 184 valence electrons. The van der Waals surface area contributed by atoms with Crippen LogP contribution in [0, 0.1) is 5.41 Å². The molecule has 0 unspecified atom stereocenters. The van der Waals surface area contributed by atoms with Crippen molar-refractivity contribution in [2.75, 3.05) is 16.2 Å². The highest BCUT2D eigenvalue weighted by atomic mass is 35.5. The van der Waals surface area contributed by atoms with Crippen LogP contribution in [0.25, 0.3) is 0 Å². The van der Waals surface area contributed by atoms with E-state index in [0.29, 0.717) is 30.6 Å². The predicted molar refractivity (Wildman–Crippen MR) is 143 cm³/mol. The maximum Gasteiger partial charge on any atom is 0.236 e. The minimum absolute atomic E-state index is 0. The maximum atomic E-state index is 13.0. The van der Waals surface area contributed by atoms with Gasteiger partial charge in [-0.1, -0.05) is 54.6 Å². The number of nitrogens with one attached hydrogen (secondary N) is 2.